The predicted octanol–water partition coefficient (Wildman–Crippen LogP) is 3.51. The van der Waals surface area contributed by atoms with Crippen molar-refractivity contribution in [3.05, 3.63) is 70.8 Å². The second-order valence-corrected chi connectivity index (χ2v) is 4.77. The van der Waals surface area contributed by atoms with Gasteiger partial charge in [-0.2, -0.15) is 0 Å². The molecule has 0 amide bonds. The van der Waals surface area contributed by atoms with Crippen LogP contribution in [0.4, 0.5) is 8.78 Å². The highest BCUT2D eigenvalue weighted by Crippen LogP contribution is 2.16. The van der Waals surface area contributed by atoms with Crippen molar-refractivity contribution in [3.63, 3.8) is 0 Å². The quantitative estimate of drug-likeness (QED) is 0.886. The Morgan fingerprint density at radius 2 is 2.00 bits per heavy atom. The summed E-state index contributed by atoms with van der Waals surface area (Å²) in [5.41, 5.74) is 1.04. The summed E-state index contributed by atoms with van der Waals surface area (Å²) in [7, 11) is 0. The van der Waals surface area contributed by atoms with Crippen LogP contribution in [0.3, 0.4) is 0 Å². The summed E-state index contributed by atoms with van der Waals surface area (Å²) < 4.78 is 26.8. The lowest BCUT2D eigenvalue weighted by Gasteiger charge is -2.15. The molecule has 0 saturated carbocycles. The molecular formula is C16H15F2NO2. The molecule has 3 nitrogen and oxygen atoms in total. The Hall–Kier alpha value is -2.27. The van der Waals surface area contributed by atoms with Crippen molar-refractivity contribution in [1.82, 2.24) is 5.32 Å². The number of halogens is 2. The maximum Gasteiger partial charge on any atom is 0.335 e. The Labute approximate surface area is 121 Å². The molecule has 110 valence electrons. The van der Waals surface area contributed by atoms with Crippen molar-refractivity contribution < 1.29 is 18.7 Å². The van der Waals surface area contributed by atoms with E-state index in [1.165, 1.54) is 24.3 Å². The van der Waals surface area contributed by atoms with E-state index in [0.717, 1.165) is 11.6 Å². The summed E-state index contributed by atoms with van der Waals surface area (Å²) in [5, 5.41) is 12.0. The Balaban J connectivity index is 2.09. The molecule has 21 heavy (non-hydrogen) atoms. The van der Waals surface area contributed by atoms with Crippen LogP contribution in [0.2, 0.25) is 0 Å². The van der Waals surface area contributed by atoms with Gasteiger partial charge in [-0.15, -0.1) is 0 Å². The van der Waals surface area contributed by atoms with Gasteiger partial charge in [-0.25, -0.2) is 13.6 Å². The lowest BCUT2D eigenvalue weighted by molar-refractivity contribution is 0.0696. The van der Waals surface area contributed by atoms with Gasteiger partial charge in [-0.05, 0) is 42.8 Å². The number of hydrogen-bond acceptors (Lipinski definition) is 2. The van der Waals surface area contributed by atoms with E-state index in [2.05, 4.69) is 5.32 Å². The zero-order valence-corrected chi connectivity index (χ0v) is 11.4. The first-order valence-electron chi connectivity index (χ1n) is 6.48. The van der Waals surface area contributed by atoms with Gasteiger partial charge in [0.1, 0.15) is 11.6 Å². The van der Waals surface area contributed by atoms with E-state index in [0.29, 0.717) is 0 Å². The van der Waals surface area contributed by atoms with Crippen LogP contribution in [0.1, 0.15) is 34.5 Å². The molecular weight excluding hydrogens is 276 g/mol. The molecule has 5 heteroatoms. The molecule has 2 aromatic rings. The first kappa shape index (κ1) is 15.1. The zero-order chi connectivity index (χ0) is 15.4. The minimum atomic E-state index is -1.10. The van der Waals surface area contributed by atoms with Gasteiger partial charge in [0.15, 0.2) is 0 Å². The molecule has 0 spiro atoms. The highest BCUT2D eigenvalue weighted by atomic mass is 19.1. The number of rotatable bonds is 5. The van der Waals surface area contributed by atoms with Gasteiger partial charge in [0.2, 0.25) is 0 Å². The van der Waals surface area contributed by atoms with E-state index in [1.54, 1.807) is 12.1 Å². The lowest BCUT2D eigenvalue weighted by atomic mass is 10.1. The van der Waals surface area contributed by atoms with Gasteiger partial charge in [-0.3, -0.25) is 0 Å². The average molecular weight is 291 g/mol. The largest absolute Gasteiger partial charge is 0.478 e. The summed E-state index contributed by atoms with van der Waals surface area (Å²) in [6, 6.07) is 9.59. The van der Waals surface area contributed by atoms with E-state index in [9.17, 15) is 13.6 Å². The molecule has 0 aliphatic rings. The number of carbonyl (C=O) groups is 1. The third-order valence-corrected chi connectivity index (χ3v) is 3.24. The van der Waals surface area contributed by atoms with Gasteiger partial charge in [-0.1, -0.05) is 12.1 Å². The summed E-state index contributed by atoms with van der Waals surface area (Å²) in [6.45, 7) is 1.98. The van der Waals surface area contributed by atoms with Crippen molar-refractivity contribution in [2.45, 2.75) is 19.5 Å². The minimum Gasteiger partial charge on any atom is -0.478 e. The van der Waals surface area contributed by atoms with Crippen molar-refractivity contribution in [2.24, 2.45) is 0 Å². The highest BCUT2D eigenvalue weighted by Gasteiger charge is 2.10. The number of nitrogens with one attached hydrogen (secondary N) is 1. The van der Waals surface area contributed by atoms with Crippen molar-refractivity contribution in [1.29, 1.82) is 0 Å². The molecule has 0 fully saturated rings. The molecule has 2 N–H and O–H groups in total. The maximum absolute atomic E-state index is 13.7. The fourth-order valence-electron chi connectivity index (χ4n) is 2.00. The van der Waals surface area contributed by atoms with Crippen LogP contribution < -0.4 is 5.32 Å². The maximum atomic E-state index is 13.7. The molecule has 0 heterocycles. The van der Waals surface area contributed by atoms with E-state index in [4.69, 9.17) is 5.11 Å². The first-order chi connectivity index (χ1) is 9.97. The summed E-state index contributed by atoms with van der Waals surface area (Å²) >= 11 is 0. The lowest BCUT2D eigenvalue weighted by Crippen LogP contribution is -2.19. The Kier molecular flexibility index (Phi) is 4.65. The summed E-state index contributed by atoms with van der Waals surface area (Å²) in [5.74, 6) is -1.91. The Morgan fingerprint density at radius 1 is 1.24 bits per heavy atom. The van der Waals surface area contributed by atoms with Crippen LogP contribution in [-0.2, 0) is 6.54 Å². The smallest absolute Gasteiger partial charge is 0.335 e. The fraction of sp³-hybridized carbons (Fsp3) is 0.188. The van der Waals surface area contributed by atoms with E-state index in [-0.39, 0.29) is 29.5 Å². The SMILES string of the molecule is C[C@H](NCc1cc(C(=O)O)ccc1F)c1cccc(F)c1. The molecule has 2 aromatic carbocycles. The van der Waals surface area contributed by atoms with Crippen LogP contribution in [0.25, 0.3) is 0 Å². The first-order valence-corrected chi connectivity index (χ1v) is 6.48. The van der Waals surface area contributed by atoms with Gasteiger partial charge in [0, 0.05) is 18.2 Å². The molecule has 0 saturated heterocycles. The molecule has 0 aliphatic carbocycles. The van der Waals surface area contributed by atoms with E-state index >= 15 is 0 Å². The van der Waals surface area contributed by atoms with Crippen LogP contribution in [-0.4, -0.2) is 11.1 Å². The molecule has 0 aromatic heterocycles. The Bertz CT molecular complexity index is 658. The zero-order valence-electron chi connectivity index (χ0n) is 11.4. The molecule has 0 bridgehead atoms. The summed E-state index contributed by atoms with van der Waals surface area (Å²) in [4.78, 5) is 10.9. The average Bonchev–Trinajstić information content (AvgIpc) is 2.45. The van der Waals surface area contributed by atoms with Crippen LogP contribution in [0.5, 0.6) is 0 Å². The van der Waals surface area contributed by atoms with E-state index < -0.39 is 11.8 Å². The Morgan fingerprint density at radius 3 is 2.67 bits per heavy atom. The fourth-order valence-corrected chi connectivity index (χ4v) is 2.00. The normalized spacial score (nSPS) is 12.1. The third-order valence-electron chi connectivity index (χ3n) is 3.24. The number of benzene rings is 2. The highest BCUT2D eigenvalue weighted by molar-refractivity contribution is 5.87. The van der Waals surface area contributed by atoms with Gasteiger partial charge < -0.3 is 10.4 Å². The van der Waals surface area contributed by atoms with Crippen molar-refractivity contribution in [3.8, 4) is 0 Å². The van der Waals surface area contributed by atoms with Gasteiger partial charge >= 0.3 is 5.97 Å². The van der Waals surface area contributed by atoms with Crippen LogP contribution in [0.15, 0.2) is 42.5 Å². The second-order valence-electron chi connectivity index (χ2n) is 4.77. The second kappa shape index (κ2) is 6.45. The standard InChI is InChI=1S/C16H15F2NO2/c1-10(11-3-2-4-14(17)8-11)19-9-13-7-12(16(20)21)5-6-15(13)18/h2-8,10,19H,9H2,1H3,(H,20,21)/t10-/m0/s1. The number of hydrogen-bond donors (Lipinski definition) is 2. The minimum absolute atomic E-state index is 0.0339. The molecule has 0 aliphatic heterocycles. The number of carboxylic acids is 1. The van der Waals surface area contributed by atoms with Crippen molar-refractivity contribution in [2.75, 3.05) is 0 Å². The van der Waals surface area contributed by atoms with Gasteiger partial charge in [0.25, 0.3) is 0 Å². The number of aromatic carboxylic acids is 1. The van der Waals surface area contributed by atoms with Crippen molar-refractivity contribution >= 4 is 5.97 Å². The third kappa shape index (κ3) is 3.86. The summed E-state index contributed by atoms with van der Waals surface area (Å²) in [6.07, 6.45) is 0. The number of carboxylic acid groups (broad SMARTS) is 1. The van der Waals surface area contributed by atoms with Gasteiger partial charge in [0.05, 0.1) is 5.56 Å². The molecule has 0 radical (unpaired) electrons. The van der Waals surface area contributed by atoms with E-state index in [1.807, 2.05) is 6.92 Å². The van der Waals surface area contributed by atoms with Crippen LogP contribution in [0, 0.1) is 11.6 Å². The topological polar surface area (TPSA) is 49.3 Å². The molecule has 1 atom stereocenters. The predicted molar refractivity (Wildman–Crippen MR) is 75.0 cm³/mol. The molecule has 2 rings (SSSR count). The monoisotopic (exact) mass is 291 g/mol. The molecule has 0 unspecified atom stereocenters. The van der Waals surface area contributed by atoms with Crippen LogP contribution >= 0.6 is 0 Å².